The molecule has 4 aromatic rings. The number of nitrogens with zero attached hydrogens (tertiary/aromatic N) is 4. The number of carbonyl (C=O) groups excluding carboxylic acids is 1. The van der Waals surface area contributed by atoms with Gasteiger partial charge in [0, 0.05) is 30.0 Å². The van der Waals surface area contributed by atoms with E-state index < -0.39 is 0 Å². The molecule has 0 bridgehead atoms. The quantitative estimate of drug-likeness (QED) is 0.504. The van der Waals surface area contributed by atoms with Crippen LogP contribution in [-0.2, 0) is 0 Å². The Morgan fingerprint density at radius 3 is 2.77 bits per heavy atom. The van der Waals surface area contributed by atoms with Crippen molar-refractivity contribution in [2.75, 3.05) is 13.1 Å². The van der Waals surface area contributed by atoms with Crippen LogP contribution >= 0.6 is 0 Å². The van der Waals surface area contributed by atoms with Crippen LogP contribution in [0.2, 0.25) is 0 Å². The van der Waals surface area contributed by atoms with E-state index in [0.717, 1.165) is 41.5 Å². The van der Waals surface area contributed by atoms with Crippen molar-refractivity contribution in [2.45, 2.75) is 25.7 Å². The average molecular weight is 398 g/mol. The summed E-state index contributed by atoms with van der Waals surface area (Å²) in [5, 5.41) is 4.86. The zero-order valence-electron chi connectivity index (χ0n) is 16.8. The number of likely N-dealkylation sites (tertiary alicyclic amines) is 1. The number of piperidine rings is 1. The number of aromatic nitrogens is 3. The number of hydrogen-bond donors (Lipinski definition) is 0. The summed E-state index contributed by atoms with van der Waals surface area (Å²) in [5.41, 5.74) is 4.51. The Kier molecular flexibility index (Phi) is 4.75. The van der Waals surface area contributed by atoms with Crippen molar-refractivity contribution in [3.05, 3.63) is 77.9 Å². The summed E-state index contributed by atoms with van der Waals surface area (Å²) in [7, 11) is 0. The molecule has 0 N–H and O–H groups in total. The fraction of sp³-hybridized carbons (Fsp3) is 0.250. The van der Waals surface area contributed by atoms with Gasteiger partial charge in [-0.1, -0.05) is 53.2 Å². The summed E-state index contributed by atoms with van der Waals surface area (Å²) in [6.07, 6.45) is 3.22. The normalized spacial score (nSPS) is 16.7. The Morgan fingerprint density at radius 2 is 1.97 bits per heavy atom. The zero-order valence-corrected chi connectivity index (χ0v) is 16.8. The molecule has 2 aromatic heterocycles. The highest BCUT2D eigenvalue weighted by Crippen LogP contribution is 2.29. The lowest BCUT2D eigenvalue weighted by molar-refractivity contribution is 0.0705. The predicted molar refractivity (Wildman–Crippen MR) is 114 cm³/mol. The van der Waals surface area contributed by atoms with Gasteiger partial charge in [-0.15, -0.1) is 0 Å². The topological polar surface area (TPSA) is 72.1 Å². The maximum Gasteiger partial charge on any atom is 0.254 e. The Hall–Kier alpha value is -3.54. The number of amides is 1. The van der Waals surface area contributed by atoms with Gasteiger partial charge < -0.3 is 9.42 Å². The average Bonchev–Trinajstić information content (AvgIpc) is 3.33. The van der Waals surface area contributed by atoms with Crippen LogP contribution in [-0.4, -0.2) is 39.0 Å². The van der Waals surface area contributed by atoms with E-state index in [1.54, 1.807) is 0 Å². The molecule has 1 aliphatic heterocycles. The molecule has 30 heavy (non-hydrogen) atoms. The highest BCUT2D eigenvalue weighted by Gasteiger charge is 2.29. The second kappa shape index (κ2) is 7.71. The van der Waals surface area contributed by atoms with Crippen LogP contribution in [0.1, 0.15) is 40.5 Å². The van der Waals surface area contributed by atoms with Crippen LogP contribution in [0.4, 0.5) is 0 Å². The lowest BCUT2D eigenvalue weighted by Crippen LogP contribution is -2.39. The van der Waals surface area contributed by atoms with Gasteiger partial charge in [0.05, 0.1) is 16.8 Å². The third-order valence-electron chi connectivity index (χ3n) is 5.75. The molecule has 1 fully saturated rings. The van der Waals surface area contributed by atoms with Crippen LogP contribution in [0.15, 0.2) is 65.5 Å². The minimum Gasteiger partial charge on any atom is -0.343 e. The van der Waals surface area contributed by atoms with E-state index in [9.17, 15) is 4.79 Å². The van der Waals surface area contributed by atoms with E-state index in [1.807, 2.05) is 47.4 Å². The second-order valence-corrected chi connectivity index (χ2v) is 7.82. The van der Waals surface area contributed by atoms with Crippen LogP contribution in [0.3, 0.4) is 0 Å². The van der Waals surface area contributed by atoms with Gasteiger partial charge in [0.1, 0.15) is 0 Å². The Labute approximate surface area is 174 Å². The largest absolute Gasteiger partial charge is 0.343 e. The maximum atomic E-state index is 13.6. The highest BCUT2D eigenvalue weighted by molar-refractivity contribution is 6.07. The van der Waals surface area contributed by atoms with Gasteiger partial charge in [-0.2, -0.15) is 4.98 Å². The van der Waals surface area contributed by atoms with E-state index in [0.29, 0.717) is 17.9 Å². The number of aryl methyl sites for hydroxylation is 1. The zero-order chi connectivity index (χ0) is 20.5. The fourth-order valence-corrected chi connectivity index (χ4v) is 4.13. The monoisotopic (exact) mass is 398 g/mol. The number of rotatable bonds is 3. The van der Waals surface area contributed by atoms with Crippen molar-refractivity contribution in [1.82, 2.24) is 20.0 Å². The number of carbonyl (C=O) groups is 1. The molecule has 6 heteroatoms. The van der Waals surface area contributed by atoms with Crippen LogP contribution in [0, 0.1) is 6.92 Å². The van der Waals surface area contributed by atoms with Gasteiger partial charge in [-0.25, -0.2) is 4.98 Å². The molecule has 1 atom stereocenters. The maximum absolute atomic E-state index is 13.6. The van der Waals surface area contributed by atoms with Gasteiger partial charge in [-0.05, 0) is 31.9 Å². The summed E-state index contributed by atoms with van der Waals surface area (Å²) < 4.78 is 4.91. The molecule has 2 aromatic carbocycles. The molecule has 0 spiro atoms. The van der Waals surface area contributed by atoms with Gasteiger partial charge >= 0.3 is 0 Å². The number of pyridine rings is 1. The molecule has 1 saturated heterocycles. The molecule has 5 rings (SSSR count). The summed E-state index contributed by atoms with van der Waals surface area (Å²) in [4.78, 5) is 24.5. The molecule has 0 aliphatic carbocycles. The Balaban J connectivity index is 1.54. The Morgan fingerprint density at radius 1 is 1.13 bits per heavy atom. The van der Waals surface area contributed by atoms with Gasteiger partial charge in [0.25, 0.3) is 5.91 Å². The van der Waals surface area contributed by atoms with Crippen LogP contribution < -0.4 is 0 Å². The molecule has 1 aliphatic rings. The third kappa shape index (κ3) is 3.45. The molecular weight excluding hydrogens is 376 g/mol. The first-order chi connectivity index (χ1) is 14.7. The van der Waals surface area contributed by atoms with Crippen molar-refractivity contribution < 1.29 is 9.32 Å². The summed E-state index contributed by atoms with van der Waals surface area (Å²) in [6.45, 7) is 3.38. The van der Waals surface area contributed by atoms with E-state index >= 15 is 0 Å². The molecule has 150 valence electrons. The van der Waals surface area contributed by atoms with Crippen molar-refractivity contribution >= 4 is 16.8 Å². The number of benzene rings is 2. The van der Waals surface area contributed by atoms with E-state index in [1.165, 1.54) is 12.0 Å². The molecule has 0 radical (unpaired) electrons. The minimum absolute atomic E-state index is 0.0233. The molecule has 0 unspecified atom stereocenters. The summed E-state index contributed by atoms with van der Waals surface area (Å²) in [6, 6.07) is 18.0. The van der Waals surface area contributed by atoms with Gasteiger partial charge in [0.2, 0.25) is 6.39 Å². The minimum atomic E-state index is 0.0233. The standard InChI is InChI=1S/C24H22N4O2/c1-16-8-10-17(11-9-16)22-13-20(19-6-2-3-7-21(19)26-22)24(29)28-12-4-5-18(14-28)23-25-15-30-27-23/h2-3,6-11,13,15,18H,4-5,12,14H2,1H3/t18-/m1/s1. The number of hydrogen-bond acceptors (Lipinski definition) is 5. The summed E-state index contributed by atoms with van der Waals surface area (Å²) in [5.74, 6) is 0.800. The van der Waals surface area contributed by atoms with E-state index in [-0.39, 0.29) is 11.8 Å². The van der Waals surface area contributed by atoms with Gasteiger partial charge in [0.15, 0.2) is 5.82 Å². The highest BCUT2D eigenvalue weighted by atomic mass is 16.5. The smallest absolute Gasteiger partial charge is 0.254 e. The van der Waals surface area contributed by atoms with Crippen molar-refractivity contribution in [1.29, 1.82) is 0 Å². The first-order valence-corrected chi connectivity index (χ1v) is 10.2. The number of fused-ring (bicyclic) bond motifs is 1. The van der Waals surface area contributed by atoms with Crippen LogP contribution in [0.25, 0.3) is 22.2 Å². The summed E-state index contributed by atoms with van der Waals surface area (Å²) >= 11 is 0. The molecular formula is C24H22N4O2. The lowest BCUT2D eigenvalue weighted by Gasteiger charge is -2.31. The van der Waals surface area contributed by atoms with E-state index in [2.05, 4.69) is 29.2 Å². The fourth-order valence-electron chi connectivity index (χ4n) is 4.13. The number of para-hydroxylation sites is 1. The third-order valence-corrected chi connectivity index (χ3v) is 5.75. The molecule has 0 saturated carbocycles. The molecule has 3 heterocycles. The van der Waals surface area contributed by atoms with Crippen molar-refractivity contribution in [3.63, 3.8) is 0 Å². The van der Waals surface area contributed by atoms with Crippen LogP contribution in [0.5, 0.6) is 0 Å². The SMILES string of the molecule is Cc1ccc(-c2cc(C(=O)N3CCC[C@@H](c4ncon4)C3)c3ccccc3n2)cc1. The Bertz CT molecular complexity index is 1190. The second-order valence-electron chi connectivity index (χ2n) is 7.82. The van der Waals surface area contributed by atoms with Gasteiger partial charge in [-0.3, -0.25) is 4.79 Å². The lowest BCUT2D eigenvalue weighted by atomic mass is 9.96. The predicted octanol–water partition coefficient (Wildman–Crippen LogP) is 4.61. The van der Waals surface area contributed by atoms with E-state index in [4.69, 9.17) is 9.51 Å². The van der Waals surface area contributed by atoms with Crippen molar-refractivity contribution in [2.24, 2.45) is 0 Å². The first kappa shape index (κ1) is 18.5. The molecule has 6 nitrogen and oxygen atoms in total. The molecule has 1 amide bonds. The first-order valence-electron chi connectivity index (χ1n) is 10.2. The van der Waals surface area contributed by atoms with Crippen molar-refractivity contribution in [3.8, 4) is 11.3 Å².